The van der Waals surface area contributed by atoms with Crippen LogP contribution >= 0.6 is 0 Å². The van der Waals surface area contributed by atoms with Gasteiger partial charge >= 0.3 is 0 Å². The number of aliphatic hydroxyl groups is 1. The summed E-state index contributed by atoms with van der Waals surface area (Å²) >= 11 is 0. The fourth-order valence-corrected chi connectivity index (χ4v) is 1.40. The molecule has 0 amide bonds. The minimum atomic E-state index is -0.0609. The molecule has 0 aliphatic heterocycles. The third-order valence-corrected chi connectivity index (χ3v) is 2.22. The summed E-state index contributed by atoms with van der Waals surface area (Å²) in [5.74, 6) is 0. The van der Waals surface area contributed by atoms with Crippen molar-refractivity contribution in [2.45, 2.75) is 6.61 Å². The highest BCUT2D eigenvalue weighted by molar-refractivity contribution is 5.34. The second kappa shape index (κ2) is 4.11. The van der Waals surface area contributed by atoms with Crippen LogP contribution in [0, 0.1) is 0 Å². The lowest BCUT2D eigenvalue weighted by molar-refractivity contribution is 0.282. The van der Waals surface area contributed by atoms with Crippen LogP contribution in [0.1, 0.15) is 5.56 Å². The van der Waals surface area contributed by atoms with E-state index >= 15 is 0 Å². The molecule has 1 heterocycles. The minimum Gasteiger partial charge on any atom is -0.392 e. The van der Waals surface area contributed by atoms with E-state index in [1.807, 2.05) is 12.1 Å². The Hall–Kier alpha value is -1.87. The molecule has 1 aromatic carbocycles. The molecule has 3 nitrogen and oxygen atoms in total. The molecule has 3 heteroatoms. The fraction of sp³-hybridized carbons (Fsp3) is 0.0833. The van der Waals surface area contributed by atoms with Gasteiger partial charge < -0.3 is 5.11 Å². The van der Waals surface area contributed by atoms with Crippen molar-refractivity contribution >= 4 is 0 Å². The maximum Gasteiger partial charge on any atom is 0.255 e. The van der Waals surface area contributed by atoms with Crippen LogP contribution in [0.15, 0.2) is 53.5 Å². The van der Waals surface area contributed by atoms with Crippen LogP contribution in [0.25, 0.3) is 5.69 Å². The first-order valence-electron chi connectivity index (χ1n) is 4.69. The lowest BCUT2D eigenvalue weighted by Gasteiger charge is -2.05. The first-order chi connectivity index (χ1) is 7.31. The number of nitrogens with zero attached hydrogens (tertiary/aromatic N) is 1. The van der Waals surface area contributed by atoms with E-state index in [1.54, 1.807) is 35.0 Å². The average molecular weight is 201 g/mol. The Labute approximate surface area is 87.2 Å². The lowest BCUT2D eigenvalue weighted by Crippen LogP contribution is -2.15. The molecular formula is C12H11NO2. The van der Waals surface area contributed by atoms with Crippen LogP contribution < -0.4 is 5.56 Å². The van der Waals surface area contributed by atoms with Crippen LogP contribution in [0.4, 0.5) is 0 Å². The lowest BCUT2D eigenvalue weighted by atomic mass is 10.2. The first kappa shape index (κ1) is 9.68. The first-order valence-corrected chi connectivity index (χ1v) is 4.69. The molecule has 0 aliphatic carbocycles. The highest BCUT2D eigenvalue weighted by Gasteiger charge is 1.97. The Bertz CT molecular complexity index is 500. The molecule has 0 aliphatic rings. The summed E-state index contributed by atoms with van der Waals surface area (Å²) in [4.78, 5) is 11.5. The average Bonchev–Trinajstić information content (AvgIpc) is 2.30. The summed E-state index contributed by atoms with van der Waals surface area (Å²) in [5.41, 5.74) is 1.58. The van der Waals surface area contributed by atoms with E-state index in [0.29, 0.717) is 0 Å². The number of hydrogen-bond acceptors (Lipinski definition) is 2. The number of hydrogen-bond donors (Lipinski definition) is 1. The van der Waals surface area contributed by atoms with Crippen molar-refractivity contribution in [3.63, 3.8) is 0 Å². The van der Waals surface area contributed by atoms with Crippen LogP contribution in [0.2, 0.25) is 0 Å². The quantitative estimate of drug-likeness (QED) is 0.796. The third-order valence-electron chi connectivity index (χ3n) is 2.22. The predicted molar refractivity (Wildman–Crippen MR) is 58.0 cm³/mol. The molecule has 15 heavy (non-hydrogen) atoms. The zero-order valence-electron chi connectivity index (χ0n) is 8.13. The molecule has 76 valence electrons. The summed E-state index contributed by atoms with van der Waals surface area (Å²) in [5, 5.41) is 8.89. The molecule has 0 unspecified atom stereocenters. The summed E-state index contributed by atoms with van der Waals surface area (Å²) in [6.07, 6.45) is 1.72. The van der Waals surface area contributed by atoms with Crippen LogP contribution in [0.3, 0.4) is 0 Å². The zero-order chi connectivity index (χ0) is 10.7. The van der Waals surface area contributed by atoms with Crippen molar-refractivity contribution in [3.05, 3.63) is 64.6 Å². The standard InChI is InChI=1S/C12H11NO2/c14-9-10-4-6-11(7-5-10)13-8-2-1-3-12(13)15/h1-8,14H,9H2. The number of pyridine rings is 1. The molecule has 1 aromatic heterocycles. The molecule has 0 saturated heterocycles. The number of aliphatic hydroxyl groups excluding tert-OH is 1. The summed E-state index contributed by atoms with van der Waals surface area (Å²) in [6.45, 7) is 0.0178. The number of rotatable bonds is 2. The van der Waals surface area contributed by atoms with Crippen LogP contribution in [-0.2, 0) is 6.61 Å². The highest BCUT2D eigenvalue weighted by Crippen LogP contribution is 2.07. The maximum atomic E-state index is 11.5. The van der Waals surface area contributed by atoms with Gasteiger partial charge in [0, 0.05) is 18.0 Å². The van der Waals surface area contributed by atoms with Gasteiger partial charge in [0.25, 0.3) is 5.56 Å². The molecule has 2 aromatic rings. The Kier molecular flexibility index (Phi) is 2.65. The van der Waals surface area contributed by atoms with Crippen molar-refractivity contribution in [2.24, 2.45) is 0 Å². The van der Waals surface area contributed by atoms with E-state index in [1.165, 1.54) is 6.07 Å². The SMILES string of the molecule is O=c1ccccn1-c1ccc(CO)cc1. The predicted octanol–water partition coefficient (Wildman–Crippen LogP) is 1.33. The third kappa shape index (κ3) is 1.97. The molecule has 0 atom stereocenters. The van der Waals surface area contributed by atoms with Crippen molar-refractivity contribution in [3.8, 4) is 5.69 Å². The summed E-state index contributed by atoms with van der Waals surface area (Å²) in [6, 6.07) is 12.3. The Morgan fingerprint density at radius 3 is 2.40 bits per heavy atom. The van der Waals surface area contributed by atoms with Crippen molar-refractivity contribution < 1.29 is 5.11 Å². The highest BCUT2D eigenvalue weighted by atomic mass is 16.3. The van der Waals surface area contributed by atoms with Gasteiger partial charge in [-0.3, -0.25) is 9.36 Å². The largest absolute Gasteiger partial charge is 0.392 e. The maximum absolute atomic E-state index is 11.5. The van der Waals surface area contributed by atoms with Gasteiger partial charge in [-0.25, -0.2) is 0 Å². The molecule has 0 spiro atoms. The van der Waals surface area contributed by atoms with E-state index in [0.717, 1.165) is 11.3 Å². The zero-order valence-corrected chi connectivity index (χ0v) is 8.13. The summed E-state index contributed by atoms with van der Waals surface area (Å²) < 4.78 is 1.56. The second-order valence-corrected chi connectivity index (χ2v) is 3.23. The van der Waals surface area contributed by atoms with Gasteiger partial charge in [-0.15, -0.1) is 0 Å². The normalized spacial score (nSPS) is 10.2. The van der Waals surface area contributed by atoms with Gasteiger partial charge in [-0.05, 0) is 23.8 Å². The van der Waals surface area contributed by atoms with E-state index in [9.17, 15) is 4.79 Å². The fourth-order valence-electron chi connectivity index (χ4n) is 1.40. The van der Waals surface area contributed by atoms with E-state index < -0.39 is 0 Å². The van der Waals surface area contributed by atoms with Crippen LogP contribution in [-0.4, -0.2) is 9.67 Å². The van der Waals surface area contributed by atoms with Gasteiger partial charge in [-0.2, -0.15) is 0 Å². The van der Waals surface area contributed by atoms with Gasteiger partial charge in [0.05, 0.1) is 6.61 Å². The molecule has 0 saturated carbocycles. The Morgan fingerprint density at radius 1 is 1.07 bits per heavy atom. The monoisotopic (exact) mass is 201 g/mol. The van der Waals surface area contributed by atoms with Gasteiger partial charge in [0.15, 0.2) is 0 Å². The van der Waals surface area contributed by atoms with Crippen molar-refractivity contribution in [2.75, 3.05) is 0 Å². The number of benzene rings is 1. The van der Waals surface area contributed by atoms with Crippen molar-refractivity contribution in [1.82, 2.24) is 4.57 Å². The van der Waals surface area contributed by atoms with E-state index in [-0.39, 0.29) is 12.2 Å². The second-order valence-electron chi connectivity index (χ2n) is 3.23. The molecular weight excluding hydrogens is 190 g/mol. The van der Waals surface area contributed by atoms with Crippen molar-refractivity contribution in [1.29, 1.82) is 0 Å². The topological polar surface area (TPSA) is 42.2 Å². The smallest absolute Gasteiger partial charge is 0.255 e. The van der Waals surface area contributed by atoms with E-state index in [4.69, 9.17) is 5.11 Å². The molecule has 2 rings (SSSR count). The van der Waals surface area contributed by atoms with Gasteiger partial charge in [0.2, 0.25) is 0 Å². The van der Waals surface area contributed by atoms with Gasteiger partial charge in [0.1, 0.15) is 0 Å². The molecule has 1 N–H and O–H groups in total. The van der Waals surface area contributed by atoms with Crippen LogP contribution in [0.5, 0.6) is 0 Å². The molecule has 0 fully saturated rings. The summed E-state index contributed by atoms with van der Waals surface area (Å²) in [7, 11) is 0. The minimum absolute atomic E-state index is 0.0178. The molecule has 0 bridgehead atoms. The van der Waals surface area contributed by atoms with Gasteiger partial charge in [-0.1, -0.05) is 18.2 Å². The number of aromatic nitrogens is 1. The van der Waals surface area contributed by atoms with E-state index in [2.05, 4.69) is 0 Å². The Morgan fingerprint density at radius 2 is 1.80 bits per heavy atom. The molecule has 0 radical (unpaired) electrons. The Balaban J connectivity index is 2.46.